The summed E-state index contributed by atoms with van der Waals surface area (Å²) < 4.78 is 10.4. The van der Waals surface area contributed by atoms with Crippen LogP contribution in [0.15, 0.2) is 0 Å². The highest BCUT2D eigenvalue weighted by Gasteiger charge is 2.17. The molecule has 0 saturated carbocycles. The van der Waals surface area contributed by atoms with Crippen molar-refractivity contribution in [1.82, 2.24) is 0 Å². The fraction of sp³-hybridized carbons (Fsp3) is 1.00. The second-order valence-electron chi connectivity index (χ2n) is 2.34. The van der Waals surface area contributed by atoms with Gasteiger partial charge >= 0.3 is 0 Å². The van der Waals surface area contributed by atoms with Crippen LogP contribution in [0.25, 0.3) is 0 Å². The van der Waals surface area contributed by atoms with Crippen LogP contribution in [0, 0.1) is 0 Å². The minimum Gasteiger partial charge on any atom is -0.376 e. The third-order valence-corrected chi connectivity index (χ3v) is 1.43. The first-order valence-electron chi connectivity index (χ1n) is 3.25. The quantitative estimate of drug-likeness (QED) is 0.533. The smallest absolute Gasteiger partial charge is 0.0957 e. The number of rotatable bonds is 1. The van der Waals surface area contributed by atoms with Crippen LogP contribution in [0.5, 0.6) is 0 Å². The summed E-state index contributed by atoms with van der Waals surface area (Å²) in [6, 6.07) is 0.0882. The standard InChI is InChI=1S/C6H13NO2/c1-5(7)6-4-8-2-3-9-6/h5-6H,2-4,7H2,1H3/t5?,6-/m0/s1. The van der Waals surface area contributed by atoms with Gasteiger partial charge < -0.3 is 15.2 Å². The molecule has 0 spiro atoms. The van der Waals surface area contributed by atoms with E-state index in [-0.39, 0.29) is 12.1 Å². The van der Waals surface area contributed by atoms with Crippen LogP contribution in [0.1, 0.15) is 6.92 Å². The van der Waals surface area contributed by atoms with Gasteiger partial charge in [0.05, 0.1) is 25.9 Å². The van der Waals surface area contributed by atoms with Crippen molar-refractivity contribution in [2.75, 3.05) is 19.8 Å². The molecule has 1 fully saturated rings. The largest absolute Gasteiger partial charge is 0.376 e. The molecule has 1 heterocycles. The summed E-state index contributed by atoms with van der Waals surface area (Å²) in [5.41, 5.74) is 5.56. The van der Waals surface area contributed by atoms with E-state index in [1.807, 2.05) is 6.92 Å². The monoisotopic (exact) mass is 131 g/mol. The van der Waals surface area contributed by atoms with Gasteiger partial charge in [0.25, 0.3) is 0 Å². The van der Waals surface area contributed by atoms with E-state index in [0.29, 0.717) is 19.8 Å². The predicted molar refractivity (Wildman–Crippen MR) is 34.2 cm³/mol. The number of hydrogen-bond donors (Lipinski definition) is 1. The molecule has 54 valence electrons. The Kier molecular flexibility index (Phi) is 2.45. The van der Waals surface area contributed by atoms with Crippen molar-refractivity contribution < 1.29 is 9.47 Å². The Morgan fingerprint density at radius 2 is 2.33 bits per heavy atom. The van der Waals surface area contributed by atoms with Crippen LogP contribution in [0.3, 0.4) is 0 Å². The number of hydrogen-bond acceptors (Lipinski definition) is 3. The molecule has 1 unspecified atom stereocenters. The lowest BCUT2D eigenvalue weighted by molar-refractivity contribution is -0.0948. The Hall–Kier alpha value is -0.120. The van der Waals surface area contributed by atoms with Gasteiger partial charge in [0.15, 0.2) is 0 Å². The minimum absolute atomic E-state index is 0.0882. The van der Waals surface area contributed by atoms with Crippen molar-refractivity contribution in [1.29, 1.82) is 0 Å². The number of nitrogens with two attached hydrogens (primary N) is 1. The molecular weight excluding hydrogens is 118 g/mol. The van der Waals surface area contributed by atoms with E-state index >= 15 is 0 Å². The van der Waals surface area contributed by atoms with Gasteiger partial charge in [0.1, 0.15) is 0 Å². The number of ether oxygens (including phenoxy) is 2. The molecular formula is C6H13NO2. The molecule has 1 aliphatic heterocycles. The zero-order valence-corrected chi connectivity index (χ0v) is 5.67. The van der Waals surface area contributed by atoms with E-state index in [1.165, 1.54) is 0 Å². The topological polar surface area (TPSA) is 44.5 Å². The van der Waals surface area contributed by atoms with Gasteiger partial charge in [-0.05, 0) is 6.92 Å². The van der Waals surface area contributed by atoms with Crippen LogP contribution in [0.2, 0.25) is 0 Å². The van der Waals surface area contributed by atoms with Crippen LogP contribution >= 0.6 is 0 Å². The molecule has 0 radical (unpaired) electrons. The van der Waals surface area contributed by atoms with E-state index in [2.05, 4.69) is 0 Å². The zero-order valence-electron chi connectivity index (χ0n) is 5.67. The summed E-state index contributed by atoms with van der Waals surface area (Å²) in [5, 5.41) is 0. The van der Waals surface area contributed by atoms with Gasteiger partial charge in [-0.3, -0.25) is 0 Å². The molecule has 0 aromatic carbocycles. The molecule has 0 aromatic heterocycles. The summed E-state index contributed by atoms with van der Waals surface area (Å²) >= 11 is 0. The molecule has 0 bridgehead atoms. The van der Waals surface area contributed by atoms with Crippen LogP contribution in [-0.4, -0.2) is 32.0 Å². The first-order chi connectivity index (χ1) is 4.30. The second kappa shape index (κ2) is 3.15. The molecule has 1 rings (SSSR count). The predicted octanol–water partition coefficient (Wildman–Crippen LogP) is -0.251. The SMILES string of the molecule is CC(N)[C@@H]1COCCO1. The van der Waals surface area contributed by atoms with E-state index in [9.17, 15) is 0 Å². The van der Waals surface area contributed by atoms with E-state index in [0.717, 1.165) is 0 Å². The van der Waals surface area contributed by atoms with Gasteiger partial charge in [-0.1, -0.05) is 0 Å². The van der Waals surface area contributed by atoms with Crippen molar-refractivity contribution in [3.8, 4) is 0 Å². The third-order valence-electron chi connectivity index (χ3n) is 1.43. The maximum Gasteiger partial charge on any atom is 0.0957 e. The van der Waals surface area contributed by atoms with Gasteiger partial charge in [-0.15, -0.1) is 0 Å². The van der Waals surface area contributed by atoms with Crippen molar-refractivity contribution in [2.45, 2.75) is 19.1 Å². The lowest BCUT2D eigenvalue weighted by Gasteiger charge is -2.25. The van der Waals surface area contributed by atoms with Crippen molar-refractivity contribution in [3.63, 3.8) is 0 Å². The summed E-state index contributed by atoms with van der Waals surface area (Å²) in [7, 11) is 0. The van der Waals surface area contributed by atoms with Gasteiger partial charge in [-0.2, -0.15) is 0 Å². The fourth-order valence-corrected chi connectivity index (χ4v) is 0.810. The van der Waals surface area contributed by atoms with Crippen molar-refractivity contribution in [3.05, 3.63) is 0 Å². The summed E-state index contributed by atoms with van der Waals surface area (Å²) in [6.45, 7) is 3.98. The fourth-order valence-electron chi connectivity index (χ4n) is 0.810. The third kappa shape index (κ3) is 1.93. The zero-order chi connectivity index (χ0) is 6.69. The normalized spacial score (nSPS) is 32.0. The lowest BCUT2D eigenvalue weighted by Crippen LogP contribution is -2.41. The molecule has 3 heteroatoms. The molecule has 0 aromatic rings. The summed E-state index contributed by atoms with van der Waals surface area (Å²) in [4.78, 5) is 0. The molecule has 2 atom stereocenters. The lowest BCUT2D eigenvalue weighted by atomic mass is 10.2. The first kappa shape index (κ1) is 6.99. The van der Waals surface area contributed by atoms with E-state index in [4.69, 9.17) is 15.2 Å². The Morgan fingerprint density at radius 1 is 1.56 bits per heavy atom. The average molecular weight is 131 g/mol. The van der Waals surface area contributed by atoms with Crippen LogP contribution in [0.4, 0.5) is 0 Å². The molecule has 0 aliphatic carbocycles. The highest BCUT2D eigenvalue weighted by Crippen LogP contribution is 2.02. The Morgan fingerprint density at radius 3 is 2.67 bits per heavy atom. The summed E-state index contributed by atoms with van der Waals surface area (Å²) in [5.74, 6) is 0. The Balaban J connectivity index is 2.23. The van der Waals surface area contributed by atoms with Crippen molar-refractivity contribution >= 4 is 0 Å². The average Bonchev–Trinajstić information content (AvgIpc) is 1.90. The molecule has 9 heavy (non-hydrogen) atoms. The molecule has 2 N–H and O–H groups in total. The summed E-state index contributed by atoms with van der Waals surface area (Å²) in [6.07, 6.45) is 0.110. The molecule has 3 nitrogen and oxygen atoms in total. The highest BCUT2D eigenvalue weighted by molar-refractivity contribution is 4.69. The molecule has 1 aliphatic rings. The van der Waals surface area contributed by atoms with Gasteiger partial charge in [0.2, 0.25) is 0 Å². The first-order valence-corrected chi connectivity index (χ1v) is 3.25. The molecule has 1 saturated heterocycles. The Bertz CT molecular complexity index is 79.1. The molecule has 0 amide bonds. The van der Waals surface area contributed by atoms with Crippen molar-refractivity contribution in [2.24, 2.45) is 5.73 Å². The van der Waals surface area contributed by atoms with Crippen LogP contribution < -0.4 is 5.73 Å². The second-order valence-corrected chi connectivity index (χ2v) is 2.34. The van der Waals surface area contributed by atoms with Gasteiger partial charge in [-0.25, -0.2) is 0 Å². The van der Waals surface area contributed by atoms with E-state index < -0.39 is 0 Å². The maximum atomic E-state index is 5.56. The van der Waals surface area contributed by atoms with Crippen LogP contribution in [-0.2, 0) is 9.47 Å². The Labute approximate surface area is 55.1 Å². The van der Waals surface area contributed by atoms with Gasteiger partial charge in [0, 0.05) is 6.04 Å². The minimum atomic E-state index is 0.0882. The highest BCUT2D eigenvalue weighted by atomic mass is 16.6. The maximum absolute atomic E-state index is 5.56. The van der Waals surface area contributed by atoms with E-state index in [1.54, 1.807) is 0 Å².